The van der Waals surface area contributed by atoms with Gasteiger partial charge in [-0.25, -0.2) is 8.78 Å². The molecular formula is C21H22F2N4O2. The molecule has 0 saturated carbocycles. The molecule has 0 bridgehead atoms. The number of carbonyl (C=O) groups excluding carboxylic acids is 2. The molecule has 3 rings (SSSR count). The lowest BCUT2D eigenvalue weighted by Crippen LogP contribution is -2.41. The predicted octanol–water partition coefficient (Wildman–Crippen LogP) is 2.48. The van der Waals surface area contributed by atoms with Crippen LogP contribution < -0.4 is 16.1 Å². The minimum absolute atomic E-state index is 0.0265. The summed E-state index contributed by atoms with van der Waals surface area (Å²) in [5.74, 6) is -1.89. The van der Waals surface area contributed by atoms with Crippen LogP contribution in [0.4, 0.5) is 14.5 Å². The van der Waals surface area contributed by atoms with Crippen LogP contribution in [0.25, 0.3) is 0 Å². The Bertz CT molecular complexity index is 957. The van der Waals surface area contributed by atoms with Crippen molar-refractivity contribution in [1.29, 1.82) is 0 Å². The third-order valence-electron chi connectivity index (χ3n) is 4.89. The highest BCUT2D eigenvalue weighted by Gasteiger charge is 2.35. The predicted molar refractivity (Wildman–Crippen MR) is 106 cm³/mol. The highest BCUT2D eigenvalue weighted by molar-refractivity contribution is 6.40. The van der Waals surface area contributed by atoms with Crippen molar-refractivity contribution in [2.24, 2.45) is 10.8 Å². The third-order valence-corrected chi connectivity index (χ3v) is 4.89. The lowest BCUT2D eigenvalue weighted by molar-refractivity contribution is -0.119. The van der Waals surface area contributed by atoms with E-state index in [1.165, 1.54) is 35.3 Å². The Hall–Kier alpha value is -3.29. The van der Waals surface area contributed by atoms with E-state index in [1.54, 1.807) is 18.2 Å². The highest BCUT2D eigenvalue weighted by atomic mass is 19.1. The Kier molecular flexibility index (Phi) is 5.63. The van der Waals surface area contributed by atoms with Crippen LogP contribution in [0.3, 0.4) is 0 Å². The molecular weight excluding hydrogens is 378 g/mol. The SMILES string of the molecule is CC(C)(CNC(=O)C1=NN(c2ccc(F)cc2)C(C(N)=O)C1)c1ccccc1F. The fraction of sp³-hybridized carbons (Fsp3) is 0.286. The summed E-state index contributed by atoms with van der Waals surface area (Å²) < 4.78 is 27.3. The molecule has 0 aliphatic carbocycles. The zero-order chi connectivity index (χ0) is 21.2. The molecule has 2 aromatic carbocycles. The van der Waals surface area contributed by atoms with Gasteiger partial charge in [0.05, 0.1) is 5.69 Å². The van der Waals surface area contributed by atoms with E-state index in [2.05, 4.69) is 10.4 Å². The first kappa shape index (κ1) is 20.4. The topological polar surface area (TPSA) is 87.8 Å². The fourth-order valence-electron chi connectivity index (χ4n) is 3.21. The zero-order valence-electron chi connectivity index (χ0n) is 16.2. The molecule has 0 radical (unpaired) electrons. The van der Waals surface area contributed by atoms with Gasteiger partial charge in [0.15, 0.2) is 0 Å². The van der Waals surface area contributed by atoms with Crippen LogP contribution in [-0.2, 0) is 15.0 Å². The number of benzene rings is 2. The largest absolute Gasteiger partial charge is 0.368 e. The molecule has 3 N–H and O–H groups in total. The molecule has 29 heavy (non-hydrogen) atoms. The first-order valence-electron chi connectivity index (χ1n) is 9.14. The van der Waals surface area contributed by atoms with E-state index in [9.17, 15) is 18.4 Å². The Balaban J connectivity index is 1.75. The van der Waals surface area contributed by atoms with Crippen LogP contribution in [-0.4, -0.2) is 30.1 Å². The first-order valence-corrected chi connectivity index (χ1v) is 9.14. The molecule has 6 nitrogen and oxygen atoms in total. The quantitative estimate of drug-likeness (QED) is 0.781. The molecule has 1 aliphatic rings. The van der Waals surface area contributed by atoms with Gasteiger partial charge in [0, 0.05) is 18.4 Å². The van der Waals surface area contributed by atoms with Crippen LogP contribution >= 0.6 is 0 Å². The van der Waals surface area contributed by atoms with E-state index < -0.39 is 29.1 Å². The second kappa shape index (κ2) is 7.98. The second-order valence-corrected chi connectivity index (χ2v) is 7.54. The van der Waals surface area contributed by atoms with Gasteiger partial charge in [0.1, 0.15) is 23.4 Å². The molecule has 2 aromatic rings. The number of nitrogens with zero attached hydrogens (tertiary/aromatic N) is 2. The maximum atomic E-state index is 14.1. The number of halogens is 2. The molecule has 1 heterocycles. The lowest BCUT2D eigenvalue weighted by Gasteiger charge is -2.26. The van der Waals surface area contributed by atoms with Gasteiger partial charge >= 0.3 is 0 Å². The molecule has 8 heteroatoms. The Labute approximate surface area is 167 Å². The van der Waals surface area contributed by atoms with Crippen LogP contribution in [0.15, 0.2) is 53.6 Å². The van der Waals surface area contributed by atoms with Gasteiger partial charge in [0.25, 0.3) is 5.91 Å². The Morgan fingerprint density at radius 1 is 1.17 bits per heavy atom. The molecule has 1 aliphatic heterocycles. The van der Waals surface area contributed by atoms with E-state index in [0.29, 0.717) is 11.3 Å². The van der Waals surface area contributed by atoms with Crippen molar-refractivity contribution in [3.8, 4) is 0 Å². The summed E-state index contributed by atoms with van der Waals surface area (Å²) in [6.07, 6.45) is 0.0265. The maximum Gasteiger partial charge on any atom is 0.267 e. The maximum absolute atomic E-state index is 14.1. The van der Waals surface area contributed by atoms with E-state index in [4.69, 9.17) is 5.73 Å². The fourth-order valence-corrected chi connectivity index (χ4v) is 3.21. The van der Waals surface area contributed by atoms with Gasteiger partial charge in [0.2, 0.25) is 5.91 Å². The Morgan fingerprint density at radius 2 is 1.83 bits per heavy atom. The molecule has 1 unspecified atom stereocenters. The van der Waals surface area contributed by atoms with Gasteiger partial charge < -0.3 is 11.1 Å². The van der Waals surface area contributed by atoms with Crippen molar-refractivity contribution < 1.29 is 18.4 Å². The number of hydrazone groups is 1. The van der Waals surface area contributed by atoms with Gasteiger partial charge in [-0.3, -0.25) is 14.6 Å². The van der Waals surface area contributed by atoms with Crippen molar-refractivity contribution in [3.63, 3.8) is 0 Å². The molecule has 0 fully saturated rings. The molecule has 0 aromatic heterocycles. The third kappa shape index (κ3) is 4.42. The van der Waals surface area contributed by atoms with Crippen LogP contribution in [0.1, 0.15) is 25.8 Å². The number of carbonyl (C=O) groups is 2. The van der Waals surface area contributed by atoms with E-state index in [-0.39, 0.29) is 24.5 Å². The van der Waals surface area contributed by atoms with E-state index in [1.807, 2.05) is 13.8 Å². The van der Waals surface area contributed by atoms with Crippen molar-refractivity contribution in [1.82, 2.24) is 5.32 Å². The summed E-state index contributed by atoms with van der Waals surface area (Å²) in [5.41, 5.74) is 5.86. The summed E-state index contributed by atoms with van der Waals surface area (Å²) in [7, 11) is 0. The number of nitrogens with two attached hydrogens (primary N) is 1. The summed E-state index contributed by atoms with van der Waals surface area (Å²) in [4.78, 5) is 24.5. The smallest absolute Gasteiger partial charge is 0.267 e. The molecule has 2 amide bonds. The molecule has 1 atom stereocenters. The monoisotopic (exact) mass is 400 g/mol. The number of hydrogen-bond acceptors (Lipinski definition) is 4. The van der Waals surface area contributed by atoms with Gasteiger partial charge in [-0.05, 0) is 35.9 Å². The number of amides is 2. The summed E-state index contributed by atoms with van der Waals surface area (Å²) in [5, 5.41) is 8.30. The lowest BCUT2D eigenvalue weighted by atomic mass is 9.84. The number of hydrogen-bond donors (Lipinski definition) is 2. The summed E-state index contributed by atoms with van der Waals surface area (Å²) >= 11 is 0. The van der Waals surface area contributed by atoms with E-state index in [0.717, 1.165) is 0 Å². The minimum Gasteiger partial charge on any atom is -0.368 e. The van der Waals surface area contributed by atoms with Gasteiger partial charge in [-0.1, -0.05) is 32.0 Å². The Morgan fingerprint density at radius 3 is 2.45 bits per heavy atom. The normalized spacial score (nSPS) is 16.5. The average molecular weight is 400 g/mol. The average Bonchev–Trinajstić information content (AvgIpc) is 3.13. The number of nitrogens with one attached hydrogen (secondary N) is 1. The second-order valence-electron chi connectivity index (χ2n) is 7.54. The summed E-state index contributed by atoms with van der Waals surface area (Å²) in [6.45, 7) is 3.81. The number of rotatable bonds is 6. The highest BCUT2D eigenvalue weighted by Crippen LogP contribution is 2.26. The number of anilines is 1. The summed E-state index contributed by atoms with van der Waals surface area (Å²) in [6, 6.07) is 10.9. The molecule has 0 spiro atoms. The zero-order valence-corrected chi connectivity index (χ0v) is 16.2. The van der Waals surface area contributed by atoms with Crippen molar-refractivity contribution in [2.75, 3.05) is 11.6 Å². The molecule has 152 valence electrons. The minimum atomic E-state index is -0.846. The molecule has 0 saturated heterocycles. The van der Waals surface area contributed by atoms with Crippen molar-refractivity contribution in [3.05, 3.63) is 65.7 Å². The first-order chi connectivity index (χ1) is 13.7. The van der Waals surface area contributed by atoms with Gasteiger partial charge in [-0.15, -0.1) is 0 Å². The van der Waals surface area contributed by atoms with E-state index >= 15 is 0 Å². The van der Waals surface area contributed by atoms with Crippen molar-refractivity contribution >= 4 is 23.2 Å². The van der Waals surface area contributed by atoms with Crippen LogP contribution in [0.2, 0.25) is 0 Å². The van der Waals surface area contributed by atoms with Crippen LogP contribution in [0, 0.1) is 11.6 Å². The van der Waals surface area contributed by atoms with Gasteiger partial charge in [-0.2, -0.15) is 5.10 Å². The standard InChI is InChI=1S/C21H22F2N4O2/c1-21(2,15-5-3-4-6-16(15)23)12-25-20(29)17-11-18(19(24)28)27(26-17)14-9-7-13(22)8-10-14/h3-10,18H,11-12H2,1-2H3,(H2,24,28)(H,25,29). The van der Waals surface area contributed by atoms with Crippen molar-refractivity contribution in [2.45, 2.75) is 31.7 Å². The van der Waals surface area contributed by atoms with Crippen LogP contribution in [0.5, 0.6) is 0 Å². The number of primary amides is 1.